The number of hydrogen-bond acceptors (Lipinski definition) is 4. The summed E-state index contributed by atoms with van der Waals surface area (Å²) in [4.78, 5) is 3.88. The molecule has 0 fully saturated rings. The fourth-order valence-corrected chi connectivity index (χ4v) is 2.55. The Hall–Kier alpha value is -2.49. The van der Waals surface area contributed by atoms with Crippen molar-refractivity contribution in [3.8, 4) is 11.8 Å². The number of nitrogens with zero attached hydrogens (tertiary/aromatic N) is 4. The zero-order valence-corrected chi connectivity index (χ0v) is 18.2. The van der Waals surface area contributed by atoms with Crippen LogP contribution in [-0.4, -0.2) is 42.1 Å². The third kappa shape index (κ3) is 7.45. The number of nitrogens with two attached hydrogens (primary N) is 1. The Labute approximate surface area is 184 Å². The van der Waals surface area contributed by atoms with E-state index in [0.717, 1.165) is 5.69 Å². The number of rotatable bonds is 7. The van der Waals surface area contributed by atoms with Crippen molar-refractivity contribution in [2.24, 2.45) is 4.99 Å². The van der Waals surface area contributed by atoms with Crippen LogP contribution in [0.4, 0.5) is 19.0 Å². The van der Waals surface area contributed by atoms with Crippen molar-refractivity contribution in [3.63, 3.8) is 0 Å². The van der Waals surface area contributed by atoms with Crippen LogP contribution < -0.4 is 16.4 Å². The molecule has 1 heterocycles. The van der Waals surface area contributed by atoms with Crippen molar-refractivity contribution < 1.29 is 13.2 Å². The number of alkyl halides is 3. The van der Waals surface area contributed by atoms with Gasteiger partial charge in [-0.3, -0.25) is 4.99 Å². The molecule has 0 amide bonds. The lowest BCUT2D eigenvalue weighted by molar-refractivity contribution is -0.132. The first kappa shape index (κ1) is 24.5. The number of hydrogen-bond donors (Lipinski definition) is 3. The molecule has 2 aromatic rings. The molecule has 0 spiro atoms. The zero-order valence-electron chi connectivity index (χ0n) is 15.8. The number of nitriles is 1. The molecule has 0 saturated carbocycles. The van der Waals surface area contributed by atoms with Crippen LogP contribution in [0.25, 0.3) is 5.69 Å². The second kappa shape index (κ2) is 11.5. The van der Waals surface area contributed by atoms with E-state index in [-0.39, 0.29) is 36.3 Å². The maximum absolute atomic E-state index is 12.2. The van der Waals surface area contributed by atoms with Crippen LogP contribution in [0.15, 0.2) is 35.3 Å². The van der Waals surface area contributed by atoms with Crippen molar-refractivity contribution >= 4 is 35.8 Å². The van der Waals surface area contributed by atoms with Crippen LogP contribution in [0, 0.1) is 11.3 Å². The van der Waals surface area contributed by atoms with Gasteiger partial charge in [0.15, 0.2) is 5.96 Å². The molecule has 0 unspecified atom stereocenters. The number of benzene rings is 1. The summed E-state index contributed by atoms with van der Waals surface area (Å²) < 4.78 is 38.1. The summed E-state index contributed by atoms with van der Waals surface area (Å²) in [7, 11) is 1.49. The van der Waals surface area contributed by atoms with Gasteiger partial charge in [-0.05, 0) is 25.0 Å². The predicted molar refractivity (Wildman–Crippen MR) is 116 cm³/mol. The predicted octanol–water partition coefficient (Wildman–Crippen LogP) is 2.99. The van der Waals surface area contributed by atoms with E-state index in [1.165, 1.54) is 11.7 Å². The minimum Gasteiger partial charge on any atom is -0.382 e. The van der Waals surface area contributed by atoms with Gasteiger partial charge in [0.25, 0.3) is 0 Å². The highest BCUT2D eigenvalue weighted by Crippen LogP contribution is 2.21. The summed E-state index contributed by atoms with van der Waals surface area (Å²) >= 11 is 0. The Morgan fingerprint density at radius 1 is 1.24 bits per heavy atom. The fourth-order valence-electron chi connectivity index (χ4n) is 2.55. The molecule has 1 aromatic heterocycles. The third-order valence-corrected chi connectivity index (χ3v) is 3.91. The van der Waals surface area contributed by atoms with Crippen molar-refractivity contribution in [2.45, 2.75) is 25.4 Å². The summed E-state index contributed by atoms with van der Waals surface area (Å²) in [6, 6.07) is 11.3. The van der Waals surface area contributed by atoms with Gasteiger partial charge in [-0.1, -0.05) is 18.2 Å². The summed E-state index contributed by atoms with van der Waals surface area (Å²) in [5, 5.41) is 19.4. The van der Waals surface area contributed by atoms with Crippen LogP contribution in [0.5, 0.6) is 0 Å². The topological polar surface area (TPSA) is 104 Å². The number of aromatic nitrogens is 2. The standard InChI is InChI=1S/C18H22F3N7.HI/c1-24-17(26-11-9-18(19,20)21)25-10-5-8-15-14(12-22)16(23)28(27-15)13-6-3-2-4-7-13;/h2-4,6-7H,5,8-11,23H2,1H3,(H2,24,25,26);1H. The summed E-state index contributed by atoms with van der Waals surface area (Å²) in [5.74, 6) is 0.570. The van der Waals surface area contributed by atoms with E-state index < -0.39 is 12.6 Å². The molecule has 4 N–H and O–H groups in total. The van der Waals surface area contributed by atoms with Crippen molar-refractivity contribution in [2.75, 3.05) is 25.9 Å². The van der Waals surface area contributed by atoms with Crippen LogP contribution in [-0.2, 0) is 6.42 Å². The van der Waals surface area contributed by atoms with Crippen LogP contribution in [0.1, 0.15) is 24.1 Å². The normalized spacial score (nSPS) is 11.5. The molecule has 1 aromatic carbocycles. The van der Waals surface area contributed by atoms with Gasteiger partial charge < -0.3 is 16.4 Å². The quantitative estimate of drug-likeness (QED) is 0.225. The van der Waals surface area contributed by atoms with Gasteiger partial charge in [0.1, 0.15) is 17.5 Å². The first-order chi connectivity index (χ1) is 13.4. The molecule has 0 bridgehead atoms. The van der Waals surface area contributed by atoms with Crippen LogP contribution >= 0.6 is 24.0 Å². The van der Waals surface area contributed by atoms with Gasteiger partial charge in [-0.15, -0.1) is 24.0 Å². The SMILES string of the molecule is CN=C(NCCCc1nn(-c2ccccc2)c(N)c1C#N)NCCC(F)(F)F.I. The van der Waals surface area contributed by atoms with E-state index >= 15 is 0 Å². The first-order valence-corrected chi connectivity index (χ1v) is 8.70. The molecular weight excluding hydrogens is 498 g/mol. The minimum atomic E-state index is -4.21. The average molecular weight is 521 g/mol. The highest BCUT2D eigenvalue weighted by molar-refractivity contribution is 14.0. The largest absolute Gasteiger partial charge is 0.390 e. The van der Waals surface area contributed by atoms with Gasteiger partial charge in [0.2, 0.25) is 0 Å². The number of halogens is 4. The Kier molecular flexibility index (Phi) is 9.73. The molecule has 158 valence electrons. The first-order valence-electron chi connectivity index (χ1n) is 8.70. The van der Waals surface area contributed by atoms with Gasteiger partial charge in [0.05, 0.1) is 17.8 Å². The monoisotopic (exact) mass is 521 g/mol. The van der Waals surface area contributed by atoms with Crippen molar-refractivity contribution in [1.82, 2.24) is 20.4 Å². The highest BCUT2D eigenvalue weighted by atomic mass is 127. The van der Waals surface area contributed by atoms with Gasteiger partial charge in [-0.2, -0.15) is 23.5 Å². The number of aliphatic imine (C=N–C) groups is 1. The second-order valence-corrected chi connectivity index (χ2v) is 5.96. The van der Waals surface area contributed by atoms with E-state index in [1.54, 1.807) is 0 Å². The molecule has 0 aliphatic heterocycles. The lowest BCUT2D eigenvalue weighted by Crippen LogP contribution is -2.39. The fraction of sp³-hybridized carbons (Fsp3) is 0.389. The minimum absolute atomic E-state index is 0. The van der Waals surface area contributed by atoms with Crippen molar-refractivity contribution in [1.29, 1.82) is 5.26 Å². The molecule has 0 aliphatic carbocycles. The molecule has 11 heteroatoms. The smallest absolute Gasteiger partial charge is 0.382 e. The van der Waals surface area contributed by atoms with Gasteiger partial charge in [0, 0.05) is 20.1 Å². The maximum Gasteiger partial charge on any atom is 0.390 e. The van der Waals surface area contributed by atoms with E-state index in [4.69, 9.17) is 5.73 Å². The Balaban J connectivity index is 0.00000420. The number of para-hydroxylation sites is 1. The lowest BCUT2D eigenvalue weighted by Gasteiger charge is -2.12. The van der Waals surface area contributed by atoms with E-state index in [1.807, 2.05) is 30.3 Å². The highest BCUT2D eigenvalue weighted by Gasteiger charge is 2.26. The number of nitrogen functional groups attached to an aromatic ring is 1. The van der Waals surface area contributed by atoms with E-state index in [2.05, 4.69) is 26.8 Å². The second-order valence-electron chi connectivity index (χ2n) is 5.96. The number of anilines is 1. The average Bonchev–Trinajstić information content (AvgIpc) is 2.98. The molecule has 0 radical (unpaired) electrons. The summed E-state index contributed by atoms with van der Waals surface area (Å²) in [5.41, 5.74) is 7.72. The number of nitrogens with one attached hydrogen (secondary N) is 2. The summed E-state index contributed by atoms with van der Waals surface area (Å²) in [6.07, 6.45) is -4.06. The van der Waals surface area contributed by atoms with Crippen molar-refractivity contribution in [3.05, 3.63) is 41.6 Å². The molecule has 0 saturated heterocycles. The van der Waals surface area contributed by atoms with Crippen LogP contribution in [0.2, 0.25) is 0 Å². The van der Waals surface area contributed by atoms with Crippen LogP contribution in [0.3, 0.4) is 0 Å². The lowest BCUT2D eigenvalue weighted by atomic mass is 10.1. The van der Waals surface area contributed by atoms with Gasteiger partial charge >= 0.3 is 6.18 Å². The zero-order chi connectivity index (χ0) is 20.6. The Morgan fingerprint density at radius 3 is 2.48 bits per heavy atom. The molecule has 7 nitrogen and oxygen atoms in total. The number of guanidine groups is 1. The van der Waals surface area contributed by atoms with Gasteiger partial charge in [-0.25, -0.2) is 4.68 Å². The molecule has 2 rings (SSSR count). The Morgan fingerprint density at radius 2 is 1.90 bits per heavy atom. The molecule has 0 aliphatic rings. The Bertz CT molecular complexity index is 842. The molecular formula is C18H23F3IN7. The maximum atomic E-state index is 12.2. The number of aryl methyl sites for hydroxylation is 1. The van der Waals surface area contributed by atoms with E-state index in [0.29, 0.717) is 36.6 Å². The molecule has 0 atom stereocenters. The van der Waals surface area contributed by atoms with E-state index in [9.17, 15) is 18.4 Å². The third-order valence-electron chi connectivity index (χ3n) is 3.91. The summed E-state index contributed by atoms with van der Waals surface area (Å²) in [6.45, 7) is 0.203. The molecule has 29 heavy (non-hydrogen) atoms.